The van der Waals surface area contributed by atoms with Crippen LogP contribution >= 0.6 is 0 Å². The molecule has 0 spiro atoms. The zero-order valence-corrected chi connectivity index (χ0v) is 10.8. The Morgan fingerprint density at radius 2 is 2.00 bits per heavy atom. The van der Waals surface area contributed by atoms with Crippen molar-refractivity contribution in [3.63, 3.8) is 0 Å². The zero-order chi connectivity index (χ0) is 14.7. The summed E-state index contributed by atoms with van der Waals surface area (Å²) in [6, 6.07) is 12.6. The standard InChI is InChI=1S/C14H10FN5O/c15-10-4-3-5-11(8-10)17-14(21)12-6-1-2-7-13(12)20-9-16-18-19-20/h1-9H,(H,17,21). The lowest BCUT2D eigenvalue weighted by molar-refractivity contribution is 0.102. The van der Waals surface area contributed by atoms with E-state index in [4.69, 9.17) is 0 Å². The van der Waals surface area contributed by atoms with Crippen molar-refractivity contribution < 1.29 is 9.18 Å². The molecule has 3 aromatic rings. The van der Waals surface area contributed by atoms with Crippen molar-refractivity contribution in [2.24, 2.45) is 0 Å². The summed E-state index contributed by atoms with van der Waals surface area (Å²) in [7, 11) is 0. The third kappa shape index (κ3) is 2.76. The predicted molar refractivity (Wildman–Crippen MR) is 73.5 cm³/mol. The maximum Gasteiger partial charge on any atom is 0.257 e. The van der Waals surface area contributed by atoms with Crippen LogP contribution in [0.2, 0.25) is 0 Å². The van der Waals surface area contributed by atoms with Crippen LogP contribution < -0.4 is 5.32 Å². The van der Waals surface area contributed by atoms with Gasteiger partial charge in [-0.05, 0) is 40.8 Å². The number of nitrogens with zero attached hydrogens (tertiary/aromatic N) is 4. The first-order valence-corrected chi connectivity index (χ1v) is 6.13. The predicted octanol–water partition coefficient (Wildman–Crippen LogP) is 2.05. The second kappa shape index (κ2) is 5.49. The van der Waals surface area contributed by atoms with Crippen LogP contribution in [-0.2, 0) is 0 Å². The summed E-state index contributed by atoms with van der Waals surface area (Å²) in [5.74, 6) is -0.784. The maximum absolute atomic E-state index is 13.1. The van der Waals surface area contributed by atoms with E-state index >= 15 is 0 Å². The van der Waals surface area contributed by atoms with E-state index in [-0.39, 0.29) is 5.91 Å². The highest BCUT2D eigenvalue weighted by Crippen LogP contribution is 2.16. The molecule has 104 valence electrons. The van der Waals surface area contributed by atoms with Gasteiger partial charge in [0.05, 0.1) is 11.3 Å². The number of benzene rings is 2. The van der Waals surface area contributed by atoms with Gasteiger partial charge in [-0.15, -0.1) is 5.10 Å². The molecule has 0 aliphatic rings. The number of aromatic nitrogens is 4. The van der Waals surface area contributed by atoms with Gasteiger partial charge in [-0.2, -0.15) is 4.68 Å². The lowest BCUT2D eigenvalue weighted by Gasteiger charge is -2.09. The number of tetrazole rings is 1. The molecule has 0 bridgehead atoms. The quantitative estimate of drug-likeness (QED) is 0.798. The van der Waals surface area contributed by atoms with Gasteiger partial charge in [-0.25, -0.2) is 4.39 Å². The molecule has 0 saturated heterocycles. The number of amides is 1. The number of para-hydroxylation sites is 1. The number of halogens is 1. The molecule has 0 atom stereocenters. The summed E-state index contributed by atoms with van der Waals surface area (Å²) >= 11 is 0. The minimum absolute atomic E-state index is 0.369. The third-order valence-electron chi connectivity index (χ3n) is 2.83. The molecule has 0 unspecified atom stereocenters. The molecule has 1 heterocycles. The highest BCUT2D eigenvalue weighted by molar-refractivity contribution is 6.06. The Morgan fingerprint density at radius 1 is 1.14 bits per heavy atom. The van der Waals surface area contributed by atoms with Gasteiger partial charge in [0.25, 0.3) is 5.91 Å². The van der Waals surface area contributed by atoms with E-state index in [1.54, 1.807) is 30.3 Å². The van der Waals surface area contributed by atoms with Crippen molar-refractivity contribution in [3.05, 3.63) is 66.2 Å². The van der Waals surface area contributed by atoms with Crippen molar-refractivity contribution in [1.82, 2.24) is 20.2 Å². The molecular formula is C14H10FN5O. The second-order valence-corrected chi connectivity index (χ2v) is 4.24. The van der Waals surface area contributed by atoms with Crippen molar-refractivity contribution in [3.8, 4) is 5.69 Å². The molecule has 0 radical (unpaired) electrons. The summed E-state index contributed by atoms with van der Waals surface area (Å²) in [6.07, 6.45) is 1.40. The normalized spacial score (nSPS) is 10.3. The molecule has 21 heavy (non-hydrogen) atoms. The largest absolute Gasteiger partial charge is 0.322 e. The van der Waals surface area contributed by atoms with Gasteiger partial charge >= 0.3 is 0 Å². The lowest BCUT2D eigenvalue weighted by atomic mass is 10.1. The van der Waals surface area contributed by atoms with Crippen LogP contribution in [0.5, 0.6) is 0 Å². The number of carbonyl (C=O) groups excluding carboxylic acids is 1. The Labute approximate surface area is 119 Å². The van der Waals surface area contributed by atoms with Gasteiger partial charge in [0.1, 0.15) is 12.1 Å². The fraction of sp³-hybridized carbons (Fsp3) is 0. The van der Waals surface area contributed by atoms with Crippen LogP contribution in [0, 0.1) is 5.82 Å². The molecule has 1 amide bonds. The molecule has 1 aromatic heterocycles. The number of carbonyl (C=O) groups is 1. The highest BCUT2D eigenvalue weighted by atomic mass is 19.1. The molecule has 6 nitrogen and oxygen atoms in total. The fourth-order valence-corrected chi connectivity index (χ4v) is 1.90. The molecule has 0 aliphatic heterocycles. The number of hydrogen-bond donors (Lipinski definition) is 1. The molecular weight excluding hydrogens is 273 g/mol. The average Bonchev–Trinajstić information content (AvgIpc) is 3.01. The van der Waals surface area contributed by atoms with E-state index in [0.717, 1.165) is 0 Å². The third-order valence-corrected chi connectivity index (χ3v) is 2.83. The first kappa shape index (κ1) is 12.9. The molecule has 3 rings (SSSR count). The molecule has 2 aromatic carbocycles. The summed E-state index contributed by atoms with van der Waals surface area (Å²) in [5.41, 5.74) is 1.30. The Bertz CT molecular complexity index is 773. The Balaban J connectivity index is 1.92. The van der Waals surface area contributed by atoms with Crippen LogP contribution in [-0.4, -0.2) is 26.1 Å². The van der Waals surface area contributed by atoms with Gasteiger partial charge in [0.2, 0.25) is 0 Å². The Morgan fingerprint density at radius 3 is 2.76 bits per heavy atom. The monoisotopic (exact) mass is 283 g/mol. The smallest absolute Gasteiger partial charge is 0.257 e. The molecule has 0 fully saturated rings. The van der Waals surface area contributed by atoms with Crippen LogP contribution in [0.25, 0.3) is 5.69 Å². The molecule has 1 N–H and O–H groups in total. The van der Waals surface area contributed by atoms with E-state index in [9.17, 15) is 9.18 Å². The first-order chi connectivity index (χ1) is 10.2. The highest BCUT2D eigenvalue weighted by Gasteiger charge is 2.13. The van der Waals surface area contributed by atoms with Crippen LogP contribution in [0.15, 0.2) is 54.9 Å². The fourth-order valence-electron chi connectivity index (χ4n) is 1.90. The van der Waals surface area contributed by atoms with E-state index in [1.165, 1.54) is 29.2 Å². The molecule has 0 aliphatic carbocycles. The maximum atomic E-state index is 13.1. The number of rotatable bonds is 3. The minimum Gasteiger partial charge on any atom is -0.322 e. The molecule has 0 saturated carbocycles. The Hall–Kier alpha value is -3.09. The topological polar surface area (TPSA) is 72.7 Å². The summed E-state index contributed by atoms with van der Waals surface area (Å²) in [6.45, 7) is 0. The average molecular weight is 283 g/mol. The Kier molecular flexibility index (Phi) is 3.38. The van der Waals surface area contributed by atoms with Crippen LogP contribution in [0.1, 0.15) is 10.4 Å². The van der Waals surface area contributed by atoms with E-state index < -0.39 is 5.82 Å². The van der Waals surface area contributed by atoms with Crippen molar-refractivity contribution in [1.29, 1.82) is 0 Å². The second-order valence-electron chi connectivity index (χ2n) is 4.24. The van der Waals surface area contributed by atoms with E-state index in [1.807, 2.05) is 0 Å². The summed E-state index contributed by atoms with van der Waals surface area (Å²) in [4.78, 5) is 12.3. The summed E-state index contributed by atoms with van der Waals surface area (Å²) < 4.78 is 14.5. The van der Waals surface area contributed by atoms with Crippen molar-refractivity contribution in [2.45, 2.75) is 0 Å². The van der Waals surface area contributed by atoms with E-state index in [0.29, 0.717) is 16.9 Å². The number of hydrogen-bond acceptors (Lipinski definition) is 4. The zero-order valence-electron chi connectivity index (χ0n) is 10.8. The number of nitrogens with one attached hydrogen (secondary N) is 1. The van der Waals surface area contributed by atoms with Gasteiger partial charge in [0.15, 0.2) is 0 Å². The van der Waals surface area contributed by atoms with Crippen molar-refractivity contribution in [2.75, 3.05) is 5.32 Å². The first-order valence-electron chi connectivity index (χ1n) is 6.13. The van der Waals surface area contributed by atoms with Crippen LogP contribution in [0.4, 0.5) is 10.1 Å². The van der Waals surface area contributed by atoms with Gasteiger partial charge in [0, 0.05) is 5.69 Å². The SMILES string of the molecule is O=C(Nc1cccc(F)c1)c1ccccc1-n1cnnn1. The van der Waals surface area contributed by atoms with E-state index in [2.05, 4.69) is 20.8 Å². The van der Waals surface area contributed by atoms with Crippen LogP contribution in [0.3, 0.4) is 0 Å². The van der Waals surface area contributed by atoms with Gasteiger partial charge in [-0.1, -0.05) is 18.2 Å². The summed E-state index contributed by atoms with van der Waals surface area (Å²) in [5, 5.41) is 13.5. The van der Waals surface area contributed by atoms with Gasteiger partial charge in [-0.3, -0.25) is 4.79 Å². The van der Waals surface area contributed by atoms with Crippen molar-refractivity contribution >= 4 is 11.6 Å². The minimum atomic E-state index is -0.415. The van der Waals surface area contributed by atoms with Gasteiger partial charge < -0.3 is 5.32 Å². The number of anilines is 1. The molecule has 7 heteroatoms. The lowest BCUT2D eigenvalue weighted by Crippen LogP contribution is -2.15.